The van der Waals surface area contributed by atoms with Crippen LogP contribution < -0.4 is 10.0 Å². The molecule has 1 aliphatic heterocycles. The smallest absolute Gasteiger partial charge is 0.209 e. The van der Waals surface area contributed by atoms with Crippen molar-refractivity contribution in [1.29, 1.82) is 0 Å². The number of rotatable bonds is 6. The van der Waals surface area contributed by atoms with Gasteiger partial charge in [0.15, 0.2) is 0 Å². The fourth-order valence-corrected chi connectivity index (χ4v) is 5.59. The third kappa shape index (κ3) is 4.87. The van der Waals surface area contributed by atoms with E-state index in [2.05, 4.69) is 48.4 Å². The minimum atomic E-state index is -3.40. The van der Waals surface area contributed by atoms with Gasteiger partial charge in [0.05, 0.1) is 23.2 Å². The van der Waals surface area contributed by atoms with Crippen molar-refractivity contribution in [3.8, 4) is 22.6 Å². The maximum Gasteiger partial charge on any atom is 0.209 e. The summed E-state index contributed by atoms with van der Waals surface area (Å²) in [5, 5.41) is 13.1. The van der Waals surface area contributed by atoms with Crippen molar-refractivity contribution in [3.05, 3.63) is 71.7 Å². The zero-order valence-corrected chi connectivity index (χ0v) is 21.1. The van der Waals surface area contributed by atoms with E-state index in [1.807, 2.05) is 12.1 Å². The molecule has 4 heterocycles. The normalized spacial score (nSPS) is 15.1. The first-order valence-electron chi connectivity index (χ1n) is 12.3. The molecule has 37 heavy (non-hydrogen) atoms. The minimum absolute atomic E-state index is 0.00337. The quantitative estimate of drug-likeness (QED) is 0.266. The van der Waals surface area contributed by atoms with Gasteiger partial charge >= 0.3 is 0 Å². The lowest BCUT2D eigenvalue weighted by atomic mass is 9.89. The van der Waals surface area contributed by atoms with E-state index in [1.165, 1.54) is 17.7 Å². The summed E-state index contributed by atoms with van der Waals surface area (Å²) in [6.45, 7) is 2.06. The molecule has 6 rings (SSSR count). The zero-order valence-electron chi connectivity index (χ0n) is 20.3. The van der Waals surface area contributed by atoms with E-state index < -0.39 is 15.8 Å². The Hall–Kier alpha value is -3.60. The molecule has 1 fully saturated rings. The number of piperidine rings is 1. The number of nitrogens with zero attached hydrogens (tertiary/aromatic N) is 2. The minimum Gasteiger partial charge on any atom is -0.353 e. The van der Waals surface area contributed by atoms with Gasteiger partial charge in [-0.2, -0.15) is 5.10 Å². The predicted octanol–water partition coefficient (Wildman–Crippen LogP) is 4.43. The summed E-state index contributed by atoms with van der Waals surface area (Å²) in [7, 11) is -3.40. The second-order valence-electron chi connectivity index (χ2n) is 9.65. The van der Waals surface area contributed by atoms with E-state index in [0.717, 1.165) is 65.4 Å². The van der Waals surface area contributed by atoms with E-state index >= 15 is 0 Å². The van der Waals surface area contributed by atoms with Gasteiger partial charge in [0.25, 0.3) is 0 Å². The highest BCUT2D eigenvalue weighted by Crippen LogP contribution is 2.35. The van der Waals surface area contributed by atoms with E-state index in [4.69, 9.17) is 0 Å². The molecule has 3 aromatic heterocycles. The SMILES string of the molecule is CS(=O)(=O)NCc1cc(F)cc(-c2nccc3[nH]c(-c4n[nH]c5ccc(C6CCNCC6)cc45)cc23)c1. The average molecular weight is 519 g/mol. The van der Waals surface area contributed by atoms with Crippen LogP contribution in [0.2, 0.25) is 0 Å². The number of H-pyrrole nitrogens is 2. The van der Waals surface area contributed by atoms with E-state index in [-0.39, 0.29) is 6.54 Å². The molecule has 2 aromatic carbocycles. The molecule has 5 aromatic rings. The number of hydrogen-bond donors (Lipinski definition) is 4. The highest BCUT2D eigenvalue weighted by atomic mass is 32.2. The van der Waals surface area contributed by atoms with Crippen LogP contribution in [-0.2, 0) is 16.6 Å². The van der Waals surface area contributed by atoms with Gasteiger partial charge in [0.1, 0.15) is 11.5 Å². The highest BCUT2D eigenvalue weighted by Gasteiger charge is 2.19. The van der Waals surface area contributed by atoms with Crippen LogP contribution in [0.15, 0.2) is 54.7 Å². The summed E-state index contributed by atoms with van der Waals surface area (Å²) in [5.74, 6) is 0.0763. The number of nitrogens with one attached hydrogen (secondary N) is 4. The van der Waals surface area contributed by atoms with Crippen molar-refractivity contribution < 1.29 is 12.8 Å². The molecule has 8 nitrogen and oxygen atoms in total. The Labute approximate surface area is 213 Å². The largest absolute Gasteiger partial charge is 0.353 e. The van der Waals surface area contributed by atoms with Crippen LogP contribution in [0.4, 0.5) is 4.39 Å². The molecule has 0 bridgehead atoms. The lowest BCUT2D eigenvalue weighted by Crippen LogP contribution is -2.26. The molecule has 1 saturated heterocycles. The maximum absolute atomic E-state index is 14.5. The molecule has 0 saturated carbocycles. The van der Waals surface area contributed by atoms with Gasteiger partial charge in [0, 0.05) is 34.6 Å². The van der Waals surface area contributed by atoms with Crippen molar-refractivity contribution in [1.82, 2.24) is 30.2 Å². The molecule has 4 N–H and O–H groups in total. The summed E-state index contributed by atoms with van der Waals surface area (Å²) < 4.78 is 39.9. The average Bonchev–Trinajstić information content (AvgIpc) is 3.51. The number of pyridine rings is 1. The van der Waals surface area contributed by atoms with Gasteiger partial charge in [-0.25, -0.2) is 17.5 Å². The number of fused-ring (bicyclic) bond motifs is 2. The monoisotopic (exact) mass is 518 g/mol. The van der Waals surface area contributed by atoms with Crippen molar-refractivity contribution in [2.24, 2.45) is 0 Å². The topological polar surface area (TPSA) is 116 Å². The molecule has 0 atom stereocenters. The second-order valence-corrected chi connectivity index (χ2v) is 11.5. The summed E-state index contributed by atoms with van der Waals surface area (Å²) in [6.07, 6.45) is 4.99. The van der Waals surface area contributed by atoms with E-state index in [9.17, 15) is 12.8 Å². The number of aromatic amines is 2. The van der Waals surface area contributed by atoms with Crippen molar-refractivity contribution in [2.45, 2.75) is 25.3 Å². The summed E-state index contributed by atoms with van der Waals surface area (Å²) in [5.41, 5.74) is 6.50. The summed E-state index contributed by atoms with van der Waals surface area (Å²) in [6, 6.07) is 14.9. The number of sulfonamides is 1. The van der Waals surface area contributed by atoms with Crippen LogP contribution >= 0.6 is 0 Å². The third-order valence-electron chi connectivity index (χ3n) is 6.97. The van der Waals surface area contributed by atoms with Crippen LogP contribution in [0.1, 0.15) is 29.9 Å². The fourth-order valence-electron chi connectivity index (χ4n) is 5.16. The number of hydrogen-bond acceptors (Lipinski definition) is 5. The lowest BCUT2D eigenvalue weighted by Gasteiger charge is -2.23. The molecule has 190 valence electrons. The first kappa shape index (κ1) is 23.8. The Morgan fingerprint density at radius 2 is 1.81 bits per heavy atom. The molecule has 10 heteroatoms. The Kier molecular flexibility index (Phi) is 6.02. The van der Waals surface area contributed by atoms with Crippen molar-refractivity contribution in [3.63, 3.8) is 0 Å². The first-order valence-corrected chi connectivity index (χ1v) is 14.1. The van der Waals surface area contributed by atoms with Gasteiger partial charge in [-0.05, 0) is 85.4 Å². The number of benzene rings is 2. The van der Waals surface area contributed by atoms with Crippen molar-refractivity contribution >= 4 is 31.8 Å². The lowest BCUT2D eigenvalue weighted by molar-refractivity contribution is 0.460. The van der Waals surface area contributed by atoms with Gasteiger partial charge in [-0.1, -0.05) is 6.07 Å². The van der Waals surface area contributed by atoms with Crippen molar-refractivity contribution in [2.75, 3.05) is 19.3 Å². The standard InChI is InChI=1S/C27H27FN6O2S/c1-37(35,36)31-15-16-10-19(12-20(28)11-16)26-22-14-25(32-23(22)6-9-30-26)27-21-13-18(2-3-24(21)33-34-27)17-4-7-29-8-5-17/h2-3,6,9-14,17,29,31-32H,4-5,7-8,15H2,1H3,(H,33,34). The Morgan fingerprint density at radius 3 is 2.62 bits per heavy atom. The third-order valence-corrected chi connectivity index (χ3v) is 7.64. The van der Waals surface area contributed by atoms with Gasteiger partial charge in [-0.3, -0.25) is 10.1 Å². The van der Waals surface area contributed by atoms with E-state index in [0.29, 0.717) is 22.7 Å². The van der Waals surface area contributed by atoms with Crippen LogP contribution in [-0.4, -0.2) is 47.9 Å². The van der Waals surface area contributed by atoms with Gasteiger partial charge < -0.3 is 10.3 Å². The molecule has 0 aliphatic carbocycles. The molecule has 0 radical (unpaired) electrons. The first-order chi connectivity index (χ1) is 17.8. The highest BCUT2D eigenvalue weighted by molar-refractivity contribution is 7.88. The summed E-state index contributed by atoms with van der Waals surface area (Å²) >= 11 is 0. The summed E-state index contributed by atoms with van der Waals surface area (Å²) in [4.78, 5) is 8.00. The van der Waals surface area contributed by atoms with Crippen LogP contribution in [0.5, 0.6) is 0 Å². The molecule has 0 spiro atoms. The van der Waals surface area contributed by atoms with Crippen LogP contribution in [0.25, 0.3) is 44.5 Å². The van der Waals surface area contributed by atoms with Crippen LogP contribution in [0, 0.1) is 5.82 Å². The second kappa shape index (κ2) is 9.37. The van der Waals surface area contributed by atoms with Gasteiger partial charge in [-0.15, -0.1) is 0 Å². The number of halogens is 1. The number of aromatic nitrogens is 4. The molecule has 0 amide bonds. The maximum atomic E-state index is 14.5. The Morgan fingerprint density at radius 1 is 1.00 bits per heavy atom. The Balaban J connectivity index is 1.40. The molecular formula is C27H27FN6O2S. The molecular weight excluding hydrogens is 491 g/mol. The van der Waals surface area contributed by atoms with E-state index in [1.54, 1.807) is 12.3 Å². The molecule has 0 unspecified atom stereocenters. The Bertz CT molecular complexity index is 1720. The predicted molar refractivity (Wildman–Crippen MR) is 143 cm³/mol. The molecule has 1 aliphatic rings. The van der Waals surface area contributed by atoms with Crippen LogP contribution in [0.3, 0.4) is 0 Å². The van der Waals surface area contributed by atoms with Gasteiger partial charge in [0.2, 0.25) is 10.0 Å². The zero-order chi connectivity index (χ0) is 25.6. The fraction of sp³-hybridized carbons (Fsp3) is 0.259.